The Bertz CT molecular complexity index is 786. The molecule has 0 fully saturated rings. The van der Waals surface area contributed by atoms with E-state index in [0.717, 1.165) is 6.07 Å². The van der Waals surface area contributed by atoms with Gasteiger partial charge in [0.2, 0.25) is 5.78 Å². The number of aryl methyl sites for hydroxylation is 2. The van der Waals surface area contributed by atoms with Crippen LogP contribution in [0.2, 0.25) is 0 Å². The molecule has 0 amide bonds. The normalized spacial score (nSPS) is 10.5. The van der Waals surface area contributed by atoms with Gasteiger partial charge in [-0.25, -0.2) is 13.9 Å². The van der Waals surface area contributed by atoms with Crippen LogP contribution in [0.5, 0.6) is 5.75 Å². The number of carbonyl (C=O) groups is 2. The second-order valence-corrected chi connectivity index (χ2v) is 5.01. The molecule has 0 aliphatic rings. The zero-order valence-corrected chi connectivity index (χ0v) is 13.6. The van der Waals surface area contributed by atoms with Crippen molar-refractivity contribution in [3.05, 3.63) is 40.8 Å². The highest BCUT2D eigenvalue weighted by atomic mass is 19.1. The number of nitrogen functional groups attached to an aromatic ring is 1. The number of hydrogen-bond acceptors (Lipinski definition) is 6. The van der Waals surface area contributed by atoms with Gasteiger partial charge in [0.05, 0.1) is 18.4 Å². The Balaban J connectivity index is 2.09. The minimum absolute atomic E-state index is 0.111. The zero-order chi connectivity index (χ0) is 17.9. The van der Waals surface area contributed by atoms with Crippen molar-refractivity contribution in [2.24, 2.45) is 0 Å². The van der Waals surface area contributed by atoms with Gasteiger partial charge in [0.1, 0.15) is 22.9 Å². The van der Waals surface area contributed by atoms with E-state index in [-0.39, 0.29) is 22.7 Å². The number of methoxy groups -OCH3 is 1. The Hall–Kier alpha value is -2.90. The summed E-state index contributed by atoms with van der Waals surface area (Å²) in [6.45, 7) is 3.34. The third-order valence-corrected chi connectivity index (χ3v) is 3.48. The molecular formula is C16H18FN3O4. The van der Waals surface area contributed by atoms with Gasteiger partial charge in [-0.3, -0.25) is 4.79 Å². The number of rotatable bonds is 6. The maximum absolute atomic E-state index is 13.8. The van der Waals surface area contributed by atoms with Gasteiger partial charge in [-0.15, -0.1) is 0 Å². The number of carbonyl (C=O) groups excluding carboxylic acids is 2. The summed E-state index contributed by atoms with van der Waals surface area (Å²) in [5.74, 6) is -1.72. The maximum Gasteiger partial charge on any atom is 0.344 e. The lowest BCUT2D eigenvalue weighted by Crippen LogP contribution is -2.17. The van der Waals surface area contributed by atoms with Gasteiger partial charge in [0.15, 0.2) is 6.61 Å². The fraction of sp³-hybridized carbons (Fsp3) is 0.312. The highest BCUT2D eigenvalue weighted by Crippen LogP contribution is 2.19. The molecule has 128 valence electrons. The first-order chi connectivity index (χ1) is 11.4. The number of Topliss-reactive ketones (excluding diaryl/α,β-unsaturated/α-hetero) is 1. The smallest absolute Gasteiger partial charge is 0.344 e. The molecule has 0 radical (unpaired) electrons. The zero-order valence-electron chi connectivity index (χ0n) is 13.6. The topological polar surface area (TPSA) is 96.4 Å². The van der Waals surface area contributed by atoms with E-state index in [1.165, 1.54) is 23.9 Å². The van der Waals surface area contributed by atoms with E-state index < -0.39 is 24.2 Å². The molecule has 0 bridgehead atoms. The van der Waals surface area contributed by atoms with Crippen molar-refractivity contribution in [1.29, 1.82) is 0 Å². The highest BCUT2D eigenvalue weighted by molar-refractivity contribution is 6.01. The van der Waals surface area contributed by atoms with E-state index in [2.05, 4.69) is 5.10 Å². The first-order valence-electron chi connectivity index (χ1n) is 7.25. The van der Waals surface area contributed by atoms with Crippen molar-refractivity contribution in [3.8, 4) is 5.75 Å². The summed E-state index contributed by atoms with van der Waals surface area (Å²) in [4.78, 5) is 24.1. The second kappa shape index (κ2) is 7.12. The van der Waals surface area contributed by atoms with Crippen LogP contribution in [0.25, 0.3) is 0 Å². The second-order valence-electron chi connectivity index (χ2n) is 5.01. The largest absolute Gasteiger partial charge is 0.497 e. The van der Waals surface area contributed by atoms with E-state index in [0.29, 0.717) is 12.2 Å². The lowest BCUT2D eigenvalue weighted by Gasteiger charge is -2.07. The minimum atomic E-state index is -0.771. The summed E-state index contributed by atoms with van der Waals surface area (Å²) < 4.78 is 25.1. The molecule has 2 rings (SSSR count). The van der Waals surface area contributed by atoms with Crippen LogP contribution < -0.4 is 10.5 Å². The van der Waals surface area contributed by atoms with Gasteiger partial charge in [-0.2, -0.15) is 5.10 Å². The first kappa shape index (κ1) is 17.5. The molecule has 1 aromatic heterocycles. The molecule has 24 heavy (non-hydrogen) atoms. The van der Waals surface area contributed by atoms with Crippen LogP contribution in [0.1, 0.15) is 33.3 Å². The molecule has 0 spiro atoms. The summed E-state index contributed by atoms with van der Waals surface area (Å²) in [5.41, 5.74) is 6.16. The molecule has 7 nitrogen and oxygen atoms in total. The van der Waals surface area contributed by atoms with Crippen molar-refractivity contribution in [3.63, 3.8) is 0 Å². The van der Waals surface area contributed by atoms with E-state index >= 15 is 0 Å². The molecule has 2 aromatic rings. The molecule has 0 saturated carbocycles. The Morgan fingerprint density at radius 1 is 1.38 bits per heavy atom. The lowest BCUT2D eigenvalue weighted by molar-refractivity contribution is 0.0473. The van der Waals surface area contributed by atoms with Gasteiger partial charge in [-0.1, -0.05) is 0 Å². The Morgan fingerprint density at radius 3 is 2.62 bits per heavy atom. The third-order valence-electron chi connectivity index (χ3n) is 3.48. The van der Waals surface area contributed by atoms with Crippen LogP contribution in [0.15, 0.2) is 18.2 Å². The van der Waals surface area contributed by atoms with Crippen LogP contribution >= 0.6 is 0 Å². The number of esters is 1. The predicted molar refractivity (Wildman–Crippen MR) is 84.6 cm³/mol. The fourth-order valence-corrected chi connectivity index (χ4v) is 2.22. The number of halogens is 1. The average molecular weight is 335 g/mol. The predicted octanol–water partition coefficient (Wildman–Crippen LogP) is 1.98. The van der Waals surface area contributed by atoms with E-state index in [1.807, 2.05) is 6.92 Å². The van der Waals surface area contributed by atoms with Crippen LogP contribution in [0, 0.1) is 12.7 Å². The summed E-state index contributed by atoms with van der Waals surface area (Å²) in [6.07, 6.45) is 0. The number of nitrogens with two attached hydrogens (primary N) is 1. The molecule has 1 aromatic carbocycles. The van der Waals surface area contributed by atoms with Crippen molar-refractivity contribution in [2.75, 3.05) is 19.5 Å². The molecule has 0 aliphatic carbocycles. The monoisotopic (exact) mass is 335 g/mol. The van der Waals surface area contributed by atoms with Crippen LogP contribution in [0.4, 0.5) is 10.2 Å². The summed E-state index contributed by atoms with van der Waals surface area (Å²) >= 11 is 0. The number of nitrogens with zero attached hydrogens (tertiary/aromatic N) is 2. The molecule has 2 N–H and O–H groups in total. The maximum atomic E-state index is 13.8. The highest BCUT2D eigenvalue weighted by Gasteiger charge is 2.22. The number of aromatic nitrogens is 2. The summed E-state index contributed by atoms with van der Waals surface area (Å²) in [5, 5.41) is 4.10. The van der Waals surface area contributed by atoms with Crippen molar-refractivity contribution < 1.29 is 23.5 Å². The number of anilines is 1. The Labute approximate surface area is 138 Å². The van der Waals surface area contributed by atoms with Gasteiger partial charge in [-0.05, 0) is 26.0 Å². The van der Waals surface area contributed by atoms with Crippen molar-refractivity contribution in [1.82, 2.24) is 9.78 Å². The van der Waals surface area contributed by atoms with Crippen LogP contribution in [-0.4, -0.2) is 35.2 Å². The Morgan fingerprint density at radius 2 is 2.08 bits per heavy atom. The van der Waals surface area contributed by atoms with Gasteiger partial charge in [0.25, 0.3) is 0 Å². The average Bonchev–Trinajstić information content (AvgIpc) is 2.86. The lowest BCUT2D eigenvalue weighted by atomic mass is 10.1. The number of benzene rings is 1. The molecule has 1 heterocycles. The molecule has 8 heteroatoms. The number of ketones is 1. The van der Waals surface area contributed by atoms with Crippen LogP contribution in [-0.2, 0) is 11.3 Å². The molecular weight excluding hydrogens is 317 g/mol. The molecule has 0 saturated heterocycles. The van der Waals surface area contributed by atoms with E-state index in [4.69, 9.17) is 15.2 Å². The molecule has 0 atom stereocenters. The molecule has 0 aliphatic heterocycles. The number of hydrogen-bond donors (Lipinski definition) is 1. The van der Waals surface area contributed by atoms with Gasteiger partial charge in [0, 0.05) is 12.6 Å². The van der Waals surface area contributed by atoms with Crippen molar-refractivity contribution in [2.45, 2.75) is 20.4 Å². The third kappa shape index (κ3) is 3.37. The first-order valence-corrected chi connectivity index (χ1v) is 7.25. The van der Waals surface area contributed by atoms with E-state index in [1.54, 1.807) is 6.92 Å². The standard InChI is InChI=1S/C16H18FN3O4/c1-4-20-15(18)14(9(2)19-20)16(22)24-8-13(21)11-6-5-10(23-3)7-12(11)17/h5-7H,4,8,18H2,1-3H3. The molecule has 0 unspecified atom stereocenters. The quantitative estimate of drug-likeness (QED) is 0.640. The number of ether oxygens (including phenoxy) is 2. The van der Waals surface area contributed by atoms with Crippen molar-refractivity contribution >= 4 is 17.6 Å². The SMILES string of the molecule is CCn1nc(C)c(C(=O)OCC(=O)c2ccc(OC)cc2F)c1N. The minimum Gasteiger partial charge on any atom is -0.497 e. The van der Waals surface area contributed by atoms with Crippen LogP contribution in [0.3, 0.4) is 0 Å². The summed E-state index contributed by atoms with van der Waals surface area (Å²) in [7, 11) is 1.39. The van der Waals surface area contributed by atoms with E-state index in [9.17, 15) is 14.0 Å². The van der Waals surface area contributed by atoms with Gasteiger partial charge < -0.3 is 15.2 Å². The van der Waals surface area contributed by atoms with Gasteiger partial charge >= 0.3 is 5.97 Å². The summed E-state index contributed by atoms with van der Waals surface area (Å²) in [6, 6.07) is 3.81. The Kier molecular flexibility index (Phi) is 5.18. The fourth-order valence-electron chi connectivity index (χ4n) is 2.22.